The van der Waals surface area contributed by atoms with Crippen LogP contribution >= 0.6 is 0 Å². The van der Waals surface area contributed by atoms with Gasteiger partial charge in [0.2, 0.25) is 11.8 Å². The minimum atomic E-state index is -0.400. The highest BCUT2D eigenvalue weighted by molar-refractivity contribution is 5.94. The Balaban J connectivity index is 1.73. The number of hydrogen-bond acceptors (Lipinski definition) is 3. The zero-order chi connectivity index (χ0) is 17.1. The maximum absolute atomic E-state index is 12.5. The van der Waals surface area contributed by atoms with Gasteiger partial charge in [-0.05, 0) is 36.8 Å². The number of hydrogen-bond donors (Lipinski definition) is 2. The van der Waals surface area contributed by atoms with E-state index in [0.717, 1.165) is 16.6 Å². The second kappa shape index (κ2) is 6.54. The van der Waals surface area contributed by atoms with Crippen LogP contribution in [0.15, 0.2) is 54.9 Å². The summed E-state index contributed by atoms with van der Waals surface area (Å²) in [5.41, 5.74) is 8.42. The number of carbonyl (C=O) groups excluding carboxylic acids is 2. The van der Waals surface area contributed by atoms with Gasteiger partial charge in [0.25, 0.3) is 0 Å². The summed E-state index contributed by atoms with van der Waals surface area (Å²) in [7, 11) is 0. The van der Waals surface area contributed by atoms with E-state index in [9.17, 15) is 9.59 Å². The van der Waals surface area contributed by atoms with E-state index in [1.54, 1.807) is 30.6 Å². The third kappa shape index (κ3) is 3.27. The van der Waals surface area contributed by atoms with E-state index in [4.69, 9.17) is 5.73 Å². The van der Waals surface area contributed by atoms with E-state index in [1.807, 2.05) is 35.8 Å². The van der Waals surface area contributed by atoms with Crippen molar-refractivity contribution in [3.63, 3.8) is 0 Å². The van der Waals surface area contributed by atoms with Crippen LogP contribution in [0.2, 0.25) is 0 Å². The number of anilines is 1. The lowest BCUT2D eigenvalue weighted by atomic mass is 10.1. The van der Waals surface area contributed by atoms with Crippen LogP contribution in [0.25, 0.3) is 11.0 Å². The molecule has 0 aliphatic heterocycles. The maximum Gasteiger partial charge on any atom is 0.247 e. The highest BCUT2D eigenvalue weighted by Crippen LogP contribution is 2.19. The van der Waals surface area contributed by atoms with Crippen LogP contribution < -0.4 is 11.1 Å². The molecular weight excluding hydrogens is 304 g/mol. The Labute approximate surface area is 139 Å². The number of nitrogens with two attached hydrogens (primary N) is 1. The highest BCUT2D eigenvalue weighted by atomic mass is 16.2. The van der Waals surface area contributed by atoms with Crippen LogP contribution in [0, 0.1) is 0 Å². The number of benzene rings is 2. The molecule has 6 heteroatoms. The lowest BCUT2D eigenvalue weighted by Gasteiger charge is -2.15. The lowest BCUT2D eigenvalue weighted by molar-refractivity contribution is -0.119. The average molecular weight is 322 g/mol. The van der Waals surface area contributed by atoms with Crippen LogP contribution in [0.1, 0.15) is 18.5 Å². The van der Waals surface area contributed by atoms with Crippen molar-refractivity contribution in [2.75, 3.05) is 5.32 Å². The minimum absolute atomic E-state index is 0.138. The first-order chi connectivity index (χ1) is 11.5. The largest absolute Gasteiger partial charge is 0.369 e. The average Bonchev–Trinajstić information content (AvgIpc) is 2.99. The van der Waals surface area contributed by atoms with Crippen molar-refractivity contribution in [1.82, 2.24) is 9.55 Å². The van der Waals surface area contributed by atoms with E-state index in [2.05, 4.69) is 10.3 Å². The molecule has 24 heavy (non-hydrogen) atoms. The van der Waals surface area contributed by atoms with E-state index in [-0.39, 0.29) is 18.2 Å². The van der Waals surface area contributed by atoms with Gasteiger partial charge < -0.3 is 15.6 Å². The molecule has 0 bridgehead atoms. The molecule has 0 saturated heterocycles. The summed E-state index contributed by atoms with van der Waals surface area (Å²) >= 11 is 0. The highest BCUT2D eigenvalue weighted by Gasteiger charge is 2.17. The monoisotopic (exact) mass is 322 g/mol. The van der Waals surface area contributed by atoms with Crippen molar-refractivity contribution in [2.24, 2.45) is 5.73 Å². The third-order valence-corrected chi connectivity index (χ3v) is 3.88. The van der Waals surface area contributed by atoms with Crippen molar-refractivity contribution >= 4 is 28.5 Å². The number of aromatic nitrogens is 2. The summed E-state index contributed by atoms with van der Waals surface area (Å²) in [5, 5.41) is 2.87. The lowest BCUT2D eigenvalue weighted by Crippen LogP contribution is -2.23. The molecule has 1 unspecified atom stereocenters. The Hall–Kier alpha value is -3.15. The van der Waals surface area contributed by atoms with Crippen LogP contribution in [-0.4, -0.2) is 21.4 Å². The van der Waals surface area contributed by atoms with Crippen molar-refractivity contribution in [3.05, 3.63) is 60.4 Å². The van der Waals surface area contributed by atoms with Gasteiger partial charge in [-0.1, -0.05) is 24.3 Å². The molecule has 1 atom stereocenters. The second-order valence-electron chi connectivity index (χ2n) is 5.65. The Bertz CT molecular complexity index is 883. The van der Waals surface area contributed by atoms with Gasteiger partial charge >= 0.3 is 0 Å². The third-order valence-electron chi connectivity index (χ3n) is 3.88. The Morgan fingerprint density at radius 1 is 1.17 bits per heavy atom. The number of para-hydroxylation sites is 2. The Morgan fingerprint density at radius 2 is 1.88 bits per heavy atom. The van der Waals surface area contributed by atoms with Gasteiger partial charge in [0.15, 0.2) is 0 Å². The Morgan fingerprint density at radius 3 is 2.58 bits per heavy atom. The maximum atomic E-state index is 12.5. The van der Waals surface area contributed by atoms with Crippen molar-refractivity contribution in [3.8, 4) is 0 Å². The van der Waals surface area contributed by atoms with Crippen LogP contribution in [0.5, 0.6) is 0 Å². The summed E-state index contributed by atoms with van der Waals surface area (Å²) in [5.74, 6) is -0.520. The van der Waals surface area contributed by atoms with Gasteiger partial charge in [-0.25, -0.2) is 4.98 Å². The predicted octanol–water partition coefficient (Wildman–Crippen LogP) is 2.26. The molecule has 1 aromatic heterocycles. The second-order valence-corrected chi connectivity index (χ2v) is 5.65. The SMILES string of the molecule is CC(C(=O)Nc1ccc(CC(N)=O)cc1)n1cnc2ccccc21. The molecular formula is C18H18N4O2. The first-order valence-corrected chi connectivity index (χ1v) is 7.64. The van der Waals surface area contributed by atoms with Crippen molar-refractivity contribution in [1.29, 1.82) is 0 Å². The molecule has 0 saturated carbocycles. The zero-order valence-electron chi connectivity index (χ0n) is 13.3. The molecule has 0 spiro atoms. The number of amides is 2. The van der Waals surface area contributed by atoms with E-state index >= 15 is 0 Å². The molecule has 2 aromatic carbocycles. The minimum Gasteiger partial charge on any atom is -0.369 e. The van der Waals surface area contributed by atoms with Crippen molar-refractivity contribution in [2.45, 2.75) is 19.4 Å². The summed E-state index contributed by atoms with van der Waals surface area (Å²) in [6.45, 7) is 1.82. The summed E-state index contributed by atoms with van der Waals surface area (Å²) in [6, 6.07) is 14.3. The number of nitrogens with one attached hydrogen (secondary N) is 1. The molecule has 2 amide bonds. The molecule has 3 aromatic rings. The van der Waals surface area contributed by atoms with Gasteiger partial charge in [0.05, 0.1) is 23.8 Å². The summed E-state index contributed by atoms with van der Waals surface area (Å²) in [4.78, 5) is 27.7. The van der Waals surface area contributed by atoms with Crippen LogP contribution in [0.3, 0.4) is 0 Å². The molecule has 6 nitrogen and oxygen atoms in total. The number of fused-ring (bicyclic) bond motifs is 1. The number of primary amides is 1. The summed E-state index contributed by atoms with van der Waals surface area (Å²) in [6.07, 6.45) is 1.86. The number of imidazole rings is 1. The van der Waals surface area contributed by atoms with Gasteiger partial charge in [0, 0.05) is 5.69 Å². The van der Waals surface area contributed by atoms with Gasteiger partial charge in [0.1, 0.15) is 6.04 Å². The first-order valence-electron chi connectivity index (χ1n) is 7.64. The molecule has 3 rings (SSSR count). The predicted molar refractivity (Wildman–Crippen MR) is 92.4 cm³/mol. The van der Waals surface area contributed by atoms with Gasteiger partial charge in [-0.2, -0.15) is 0 Å². The molecule has 122 valence electrons. The number of carbonyl (C=O) groups is 2. The Kier molecular flexibility index (Phi) is 4.29. The van der Waals surface area contributed by atoms with Gasteiger partial charge in [-0.15, -0.1) is 0 Å². The fraction of sp³-hybridized carbons (Fsp3) is 0.167. The molecule has 0 fully saturated rings. The molecule has 3 N–H and O–H groups in total. The van der Waals surface area contributed by atoms with Crippen LogP contribution in [-0.2, 0) is 16.0 Å². The zero-order valence-corrected chi connectivity index (χ0v) is 13.3. The van der Waals surface area contributed by atoms with E-state index in [1.165, 1.54) is 0 Å². The van der Waals surface area contributed by atoms with Gasteiger partial charge in [-0.3, -0.25) is 9.59 Å². The molecule has 0 aliphatic rings. The molecule has 0 aliphatic carbocycles. The first kappa shape index (κ1) is 15.7. The number of rotatable bonds is 5. The van der Waals surface area contributed by atoms with Crippen molar-refractivity contribution < 1.29 is 9.59 Å². The smallest absolute Gasteiger partial charge is 0.247 e. The van der Waals surface area contributed by atoms with E-state index < -0.39 is 6.04 Å². The quantitative estimate of drug-likeness (QED) is 0.755. The van der Waals surface area contributed by atoms with E-state index in [0.29, 0.717) is 5.69 Å². The summed E-state index contributed by atoms with van der Waals surface area (Å²) < 4.78 is 1.84. The number of nitrogens with zero attached hydrogens (tertiary/aromatic N) is 2. The standard InChI is InChI=1S/C18H18N4O2/c1-12(22-11-20-15-4-2-3-5-16(15)22)18(24)21-14-8-6-13(7-9-14)10-17(19)23/h2-9,11-12H,10H2,1H3,(H2,19,23)(H,21,24). The molecule has 0 radical (unpaired) electrons. The fourth-order valence-electron chi connectivity index (χ4n) is 2.57. The fourth-order valence-corrected chi connectivity index (χ4v) is 2.57. The topological polar surface area (TPSA) is 90.0 Å². The normalized spacial score (nSPS) is 12.0. The van der Waals surface area contributed by atoms with Crippen LogP contribution in [0.4, 0.5) is 5.69 Å². The molecule has 1 heterocycles.